The molecule has 0 aliphatic rings. The number of nitrogens with one attached hydrogen (secondary N) is 2. The van der Waals surface area contributed by atoms with Crippen LogP contribution in [0.3, 0.4) is 0 Å². The first kappa shape index (κ1) is 22.6. The van der Waals surface area contributed by atoms with Gasteiger partial charge in [-0.05, 0) is 36.4 Å². The first-order valence-corrected chi connectivity index (χ1v) is 11.5. The summed E-state index contributed by atoms with van der Waals surface area (Å²) in [7, 11) is -8.31. The van der Waals surface area contributed by atoms with Crippen LogP contribution in [0.1, 0.15) is 0 Å². The standard InChI is InChI=1S/C17H13N5O8S2/c23-21(24)12-4-8-14(9-5-12)31(27,28)19-16-2-1-3-17(18-16)20-32(29,30)15-10-6-13(7-11-15)22(25)26/h1-11H,(H2,18,19,20). The van der Waals surface area contributed by atoms with E-state index < -0.39 is 29.9 Å². The Bertz CT molecular complexity index is 1280. The highest BCUT2D eigenvalue weighted by Gasteiger charge is 2.19. The number of pyridine rings is 1. The molecule has 0 saturated carbocycles. The van der Waals surface area contributed by atoms with Crippen molar-refractivity contribution >= 4 is 43.1 Å². The first-order valence-electron chi connectivity index (χ1n) is 8.49. The van der Waals surface area contributed by atoms with E-state index in [1.807, 2.05) is 0 Å². The molecule has 0 saturated heterocycles. The van der Waals surface area contributed by atoms with Crippen LogP contribution in [0, 0.1) is 20.2 Å². The quantitative estimate of drug-likeness (QED) is 0.361. The van der Waals surface area contributed by atoms with Crippen LogP contribution in [0.5, 0.6) is 0 Å². The van der Waals surface area contributed by atoms with Crippen molar-refractivity contribution in [1.82, 2.24) is 4.98 Å². The Hall–Kier alpha value is -4.11. The van der Waals surface area contributed by atoms with Gasteiger partial charge < -0.3 is 0 Å². The fourth-order valence-corrected chi connectivity index (χ4v) is 4.44. The number of nitrogens with zero attached hydrogens (tertiary/aromatic N) is 3. The van der Waals surface area contributed by atoms with Crippen LogP contribution in [0.15, 0.2) is 76.5 Å². The van der Waals surface area contributed by atoms with Crippen LogP contribution in [0.4, 0.5) is 23.0 Å². The smallest absolute Gasteiger partial charge is 0.263 e. The maximum atomic E-state index is 12.5. The summed E-state index contributed by atoms with van der Waals surface area (Å²) in [5.41, 5.74) is -0.575. The molecule has 0 amide bonds. The highest BCUT2D eigenvalue weighted by Crippen LogP contribution is 2.21. The van der Waals surface area contributed by atoms with Crippen LogP contribution in [0.25, 0.3) is 0 Å². The Labute approximate surface area is 181 Å². The molecule has 0 fully saturated rings. The fraction of sp³-hybridized carbons (Fsp3) is 0. The molecule has 13 nitrogen and oxygen atoms in total. The van der Waals surface area contributed by atoms with Crippen molar-refractivity contribution in [3.8, 4) is 0 Å². The minimum Gasteiger partial charge on any atom is -0.263 e. The highest BCUT2D eigenvalue weighted by molar-refractivity contribution is 7.93. The predicted molar refractivity (Wildman–Crippen MR) is 112 cm³/mol. The largest absolute Gasteiger partial charge is 0.269 e. The number of rotatable bonds is 8. The fourth-order valence-electron chi connectivity index (χ4n) is 2.44. The zero-order valence-corrected chi connectivity index (χ0v) is 17.4. The zero-order chi connectivity index (χ0) is 23.5. The molecule has 1 aromatic heterocycles. The van der Waals surface area contributed by atoms with Crippen molar-refractivity contribution in [3.05, 3.63) is 87.0 Å². The lowest BCUT2D eigenvalue weighted by atomic mass is 10.3. The van der Waals surface area contributed by atoms with Crippen molar-refractivity contribution in [3.63, 3.8) is 0 Å². The molecule has 2 aromatic carbocycles. The Morgan fingerprint density at radius 3 is 1.28 bits per heavy atom. The van der Waals surface area contributed by atoms with E-state index in [0.29, 0.717) is 0 Å². The molecule has 3 aromatic rings. The van der Waals surface area contributed by atoms with Crippen LogP contribution >= 0.6 is 0 Å². The molecule has 0 unspecified atom stereocenters. The van der Waals surface area contributed by atoms with E-state index in [0.717, 1.165) is 48.5 Å². The Balaban J connectivity index is 1.80. The van der Waals surface area contributed by atoms with E-state index in [9.17, 15) is 37.1 Å². The Morgan fingerprint density at radius 2 is 0.969 bits per heavy atom. The molecular weight excluding hydrogens is 466 g/mol. The third-order valence-corrected chi connectivity index (χ3v) is 6.68. The summed E-state index contributed by atoms with van der Waals surface area (Å²) in [6.45, 7) is 0. The lowest BCUT2D eigenvalue weighted by molar-refractivity contribution is -0.385. The third kappa shape index (κ3) is 5.13. The van der Waals surface area contributed by atoms with E-state index in [2.05, 4.69) is 14.4 Å². The van der Waals surface area contributed by atoms with Gasteiger partial charge in [0, 0.05) is 24.3 Å². The number of hydrogen-bond donors (Lipinski definition) is 2. The van der Waals surface area contributed by atoms with Gasteiger partial charge in [-0.3, -0.25) is 29.7 Å². The van der Waals surface area contributed by atoms with Crippen molar-refractivity contribution < 1.29 is 26.7 Å². The SMILES string of the molecule is O=[N+]([O-])c1ccc(S(=O)(=O)Nc2cccc(NS(=O)(=O)c3ccc([N+](=O)[O-])cc3)n2)cc1. The Kier molecular flexibility index (Phi) is 6.04. The van der Waals surface area contributed by atoms with Gasteiger partial charge in [-0.15, -0.1) is 0 Å². The molecule has 0 bridgehead atoms. The number of anilines is 2. The van der Waals surface area contributed by atoms with E-state index in [1.165, 1.54) is 18.2 Å². The molecule has 0 aliphatic carbocycles. The van der Waals surface area contributed by atoms with Crippen LogP contribution in [-0.2, 0) is 20.0 Å². The van der Waals surface area contributed by atoms with Crippen LogP contribution < -0.4 is 9.44 Å². The summed E-state index contributed by atoms with van der Waals surface area (Å²) in [4.78, 5) is 23.4. The molecule has 3 rings (SSSR count). The molecule has 166 valence electrons. The van der Waals surface area contributed by atoms with Gasteiger partial charge >= 0.3 is 0 Å². The second-order valence-electron chi connectivity index (χ2n) is 6.12. The molecule has 1 heterocycles. The second kappa shape index (κ2) is 8.56. The van der Waals surface area contributed by atoms with Gasteiger partial charge in [0.25, 0.3) is 31.4 Å². The summed E-state index contributed by atoms with van der Waals surface area (Å²) < 4.78 is 54.2. The summed E-state index contributed by atoms with van der Waals surface area (Å²) in [5.74, 6) is -0.431. The van der Waals surface area contributed by atoms with E-state index >= 15 is 0 Å². The van der Waals surface area contributed by atoms with E-state index in [4.69, 9.17) is 0 Å². The number of sulfonamides is 2. The maximum absolute atomic E-state index is 12.5. The summed E-state index contributed by atoms with van der Waals surface area (Å²) in [6, 6.07) is 12.2. The maximum Gasteiger partial charge on any atom is 0.269 e. The van der Waals surface area contributed by atoms with Gasteiger partial charge in [0.2, 0.25) is 0 Å². The zero-order valence-electron chi connectivity index (χ0n) is 15.8. The molecule has 15 heteroatoms. The summed E-state index contributed by atoms with van der Waals surface area (Å²) in [6.07, 6.45) is 0. The van der Waals surface area contributed by atoms with E-state index in [-0.39, 0.29) is 32.8 Å². The molecule has 0 spiro atoms. The van der Waals surface area contributed by atoms with Crippen molar-refractivity contribution in [1.29, 1.82) is 0 Å². The van der Waals surface area contributed by atoms with Crippen molar-refractivity contribution in [2.45, 2.75) is 9.79 Å². The summed E-state index contributed by atoms with van der Waals surface area (Å²) in [5, 5.41) is 21.4. The molecule has 0 aliphatic heterocycles. The normalized spacial score (nSPS) is 11.5. The third-order valence-electron chi connectivity index (χ3n) is 3.94. The second-order valence-corrected chi connectivity index (χ2v) is 9.49. The van der Waals surface area contributed by atoms with Crippen LogP contribution in [0.2, 0.25) is 0 Å². The van der Waals surface area contributed by atoms with Crippen molar-refractivity contribution in [2.24, 2.45) is 0 Å². The first-order chi connectivity index (χ1) is 15.0. The van der Waals surface area contributed by atoms with Crippen molar-refractivity contribution in [2.75, 3.05) is 9.44 Å². The van der Waals surface area contributed by atoms with Gasteiger partial charge in [-0.25, -0.2) is 21.8 Å². The Morgan fingerprint density at radius 1 is 0.625 bits per heavy atom. The molecule has 32 heavy (non-hydrogen) atoms. The number of non-ortho nitro benzene ring substituents is 2. The van der Waals surface area contributed by atoms with Gasteiger partial charge in [-0.1, -0.05) is 6.07 Å². The van der Waals surface area contributed by atoms with Gasteiger partial charge in [0.05, 0.1) is 19.6 Å². The molecular formula is C17H13N5O8S2. The lowest BCUT2D eigenvalue weighted by Crippen LogP contribution is -2.16. The number of aromatic nitrogens is 1. The van der Waals surface area contributed by atoms with Gasteiger partial charge in [0.15, 0.2) is 0 Å². The minimum atomic E-state index is -4.16. The molecule has 0 radical (unpaired) electrons. The monoisotopic (exact) mass is 479 g/mol. The van der Waals surface area contributed by atoms with Gasteiger partial charge in [0.1, 0.15) is 11.6 Å². The van der Waals surface area contributed by atoms with E-state index in [1.54, 1.807) is 0 Å². The highest BCUT2D eigenvalue weighted by atomic mass is 32.2. The number of nitro benzene ring substituents is 2. The molecule has 0 atom stereocenters. The number of benzene rings is 2. The number of nitro groups is 2. The predicted octanol–water partition coefficient (Wildman–Crippen LogP) is 2.50. The average Bonchev–Trinajstić information content (AvgIpc) is 2.73. The topological polar surface area (TPSA) is 192 Å². The molecule has 2 N–H and O–H groups in total. The average molecular weight is 479 g/mol. The van der Waals surface area contributed by atoms with Crippen LogP contribution in [-0.4, -0.2) is 31.7 Å². The van der Waals surface area contributed by atoms with Gasteiger partial charge in [-0.2, -0.15) is 0 Å². The lowest BCUT2D eigenvalue weighted by Gasteiger charge is -2.10. The minimum absolute atomic E-state index is 0.216. The number of hydrogen-bond acceptors (Lipinski definition) is 9. The summed E-state index contributed by atoms with van der Waals surface area (Å²) >= 11 is 0.